The molecule has 0 saturated carbocycles. The second-order valence-electron chi connectivity index (χ2n) is 4.44. The van der Waals surface area contributed by atoms with Crippen molar-refractivity contribution in [2.24, 2.45) is 0 Å². The first kappa shape index (κ1) is 16.1. The van der Waals surface area contributed by atoms with Gasteiger partial charge in [-0.2, -0.15) is 0 Å². The maximum absolute atomic E-state index is 14.0. The molecular formula is C15H12Cl2F3N. The fourth-order valence-corrected chi connectivity index (χ4v) is 2.65. The summed E-state index contributed by atoms with van der Waals surface area (Å²) >= 11 is 11.9. The Kier molecular flexibility index (Phi) is 5.14. The van der Waals surface area contributed by atoms with E-state index >= 15 is 0 Å². The number of hydrogen-bond donors (Lipinski definition) is 1. The minimum atomic E-state index is -0.968. The lowest BCUT2D eigenvalue weighted by molar-refractivity contribution is 0.492. The smallest absolute Gasteiger partial charge is 0.134 e. The summed E-state index contributed by atoms with van der Waals surface area (Å²) in [5, 5.41) is 3.64. The molecule has 0 saturated heterocycles. The van der Waals surface area contributed by atoms with Crippen molar-refractivity contribution in [3.8, 4) is 0 Å². The third-order valence-electron chi connectivity index (χ3n) is 3.01. The van der Waals surface area contributed by atoms with Crippen LogP contribution in [0.3, 0.4) is 0 Å². The van der Waals surface area contributed by atoms with E-state index in [-0.39, 0.29) is 10.6 Å². The van der Waals surface area contributed by atoms with E-state index in [0.29, 0.717) is 29.3 Å². The first-order valence-electron chi connectivity index (χ1n) is 6.26. The van der Waals surface area contributed by atoms with E-state index in [9.17, 15) is 13.2 Å². The van der Waals surface area contributed by atoms with Crippen LogP contribution in [-0.4, -0.2) is 6.54 Å². The van der Waals surface area contributed by atoms with Crippen molar-refractivity contribution in [3.63, 3.8) is 0 Å². The molecule has 2 rings (SSSR count). The number of hydrogen-bond acceptors (Lipinski definition) is 1. The minimum absolute atomic E-state index is 0.275. The predicted octanol–water partition coefficient (Wildman–Crippen LogP) is 5.11. The average Bonchev–Trinajstić information content (AvgIpc) is 2.37. The number of halogens is 5. The first-order valence-corrected chi connectivity index (χ1v) is 7.02. The third-order valence-corrected chi connectivity index (χ3v) is 3.58. The van der Waals surface area contributed by atoms with Crippen LogP contribution in [0.4, 0.5) is 13.2 Å². The van der Waals surface area contributed by atoms with Crippen molar-refractivity contribution in [3.05, 3.63) is 69.0 Å². The van der Waals surface area contributed by atoms with Gasteiger partial charge in [0.1, 0.15) is 17.5 Å². The van der Waals surface area contributed by atoms with Crippen LogP contribution < -0.4 is 5.32 Å². The molecule has 0 bridgehead atoms. The van der Waals surface area contributed by atoms with Crippen LogP contribution in [0, 0.1) is 17.5 Å². The van der Waals surface area contributed by atoms with Gasteiger partial charge in [-0.1, -0.05) is 36.2 Å². The van der Waals surface area contributed by atoms with Crippen LogP contribution in [-0.2, 0) is 0 Å². The Bertz CT molecular complexity index is 638. The molecule has 6 heteroatoms. The summed E-state index contributed by atoms with van der Waals surface area (Å²) < 4.78 is 41.0. The Morgan fingerprint density at radius 1 is 1.05 bits per heavy atom. The molecule has 2 aromatic carbocycles. The van der Waals surface area contributed by atoms with Crippen molar-refractivity contribution in [2.75, 3.05) is 6.54 Å². The standard InChI is InChI=1S/C15H12Cl2F3N/c1-2-21-15(10-4-3-8(16)5-11(10)17)14-12(19)6-9(18)7-13(14)20/h3-7,15,21H,2H2,1H3. The average molecular weight is 334 g/mol. The van der Waals surface area contributed by atoms with Gasteiger partial charge in [0, 0.05) is 27.7 Å². The molecule has 0 aliphatic heterocycles. The maximum atomic E-state index is 14.0. The summed E-state index contributed by atoms with van der Waals surface area (Å²) in [6.07, 6.45) is 0. The van der Waals surface area contributed by atoms with Crippen LogP contribution in [0.5, 0.6) is 0 Å². The first-order chi connectivity index (χ1) is 9.93. The van der Waals surface area contributed by atoms with Gasteiger partial charge < -0.3 is 5.32 Å². The molecule has 0 heterocycles. The van der Waals surface area contributed by atoms with Gasteiger partial charge in [-0.3, -0.25) is 0 Å². The second-order valence-corrected chi connectivity index (χ2v) is 5.28. The topological polar surface area (TPSA) is 12.0 Å². The molecule has 2 aromatic rings. The summed E-state index contributed by atoms with van der Waals surface area (Å²) in [4.78, 5) is 0. The van der Waals surface area contributed by atoms with E-state index in [2.05, 4.69) is 5.32 Å². The highest BCUT2D eigenvalue weighted by atomic mass is 35.5. The minimum Gasteiger partial charge on any atom is -0.306 e. The zero-order valence-electron chi connectivity index (χ0n) is 11.1. The quantitative estimate of drug-likeness (QED) is 0.819. The van der Waals surface area contributed by atoms with E-state index in [4.69, 9.17) is 23.2 Å². The van der Waals surface area contributed by atoms with Gasteiger partial charge in [0.2, 0.25) is 0 Å². The van der Waals surface area contributed by atoms with Crippen molar-refractivity contribution in [1.82, 2.24) is 5.32 Å². The molecule has 0 aliphatic carbocycles. The fourth-order valence-electron chi connectivity index (χ4n) is 2.14. The van der Waals surface area contributed by atoms with E-state index in [1.54, 1.807) is 19.1 Å². The molecule has 1 N–H and O–H groups in total. The van der Waals surface area contributed by atoms with Gasteiger partial charge in [-0.25, -0.2) is 13.2 Å². The summed E-state index contributed by atoms with van der Waals surface area (Å²) in [6.45, 7) is 2.23. The molecule has 112 valence electrons. The summed E-state index contributed by atoms with van der Waals surface area (Å²) in [5.41, 5.74) is 0.190. The predicted molar refractivity (Wildman–Crippen MR) is 78.3 cm³/mol. The highest BCUT2D eigenvalue weighted by Crippen LogP contribution is 2.33. The van der Waals surface area contributed by atoms with Crippen LogP contribution in [0.1, 0.15) is 24.1 Å². The maximum Gasteiger partial charge on any atom is 0.134 e. The van der Waals surface area contributed by atoms with Crippen LogP contribution in [0.2, 0.25) is 10.0 Å². The lowest BCUT2D eigenvalue weighted by Crippen LogP contribution is -2.24. The van der Waals surface area contributed by atoms with Gasteiger partial charge in [0.05, 0.1) is 6.04 Å². The van der Waals surface area contributed by atoms with E-state index in [0.717, 1.165) is 0 Å². The Morgan fingerprint density at radius 2 is 1.67 bits per heavy atom. The van der Waals surface area contributed by atoms with E-state index < -0.39 is 23.5 Å². The molecule has 1 nitrogen and oxygen atoms in total. The van der Waals surface area contributed by atoms with Gasteiger partial charge in [-0.15, -0.1) is 0 Å². The van der Waals surface area contributed by atoms with Gasteiger partial charge >= 0.3 is 0 Å². The van der Waals surface area contributed by atoms with Gasteiger partial charge in [0.25, 0.3) is 0 Å². The Labute approximate surface area is 130 Å². The lowest BCUT2D eigenvalue weighted by Gasteiger charge is -2.21. The molecule has 0 aliphatic rings. The zero-order valence-corrected chi connectivity index (χ0v) is 12.6. The van der Waals surface area contributed by atoms with E-state index in [1.807, 2.05) is 0 Å². The van der Waals surface area contributed by atoms with Crippen LogP contribution in [0.25, 0.3) is 0 Å². The molecule has 0 radical (unpaired) electrons. The fraction of sp³-hybridized carbons (Fsp3) is 0.200. The van der Waals surface area contributed by atoms with Crippen molar-refractivity contribution in [1.29, 1.82) is 0 Å². The van der Waals surface area contributed by atoms with Crippen molar-refractivity contribution in [2.45, 2.75) is 13.0 Å². The largest absolute Gasteiger partial charge is 0.306 e. The molecule has 21 heavy (non-hydrogen) atoms. The SMILES string of the molecule is CCNC(c1ccc(Cl)cc1Cl)c1c(F)cc(F)cc1F. The van der Waals surface area contributed by atoms with Gasteiger partial charge in [0.15, 0.2) is 0 Å². The third kappa shape index (κ3) is 3.51. The van der Waals surface area contributed by atoms with E-state index in [1.165, 1.54) is 6.07 Å². The summed E-state index contributed by atoms with van der Waals surface area (Å²) in [5.74, 6) is -2.90. The Morgan fingerprint density at radius 3 is 2.19 bits per heavy atom. The molecule has 0 fully saturated rings. The monoisotopic (exact) mass is 333 g/mol. The van der Waals surface area contributed by atoms with Crippen molar-refractivity contribution < 1.29 is 13.2 Å². The number of rotatable bonds is 4. The summed E-state index contributed by atoms with van der Waals surface area (Å²) in [6, 6.07) is 5.11. The van der Waals surface area contributed by atoms with Crippen LogP contribution >= 0.6 is 23.2 Å². The normalized spacial score (nSPS) is 12.5. The molecular weight excluding hydrogens is 322 g/mol. The zero-order chi connectivity index (χ0) is 15.6. The van der Waals surface area contributed by atoms with Crippen molar-refractivity contribution >= 4 is 23.2 Å². The molecule has 1 unspecified atom stereocenters. The number of benzene rings is 2. The molecule has 0 aromatic heterocycles. The Hall–Kier alpha value is -1.23. The van der Waals surface area contributed by atoms with Crippen LogP contribution in [0.15, 0.2) is 30.3 Å². The summed E-state index contributed by atoms with van der Waals surface area (Å²) in [7, 11) is 0. The highest BCUT2D eigenvalue weighted by Gasteiger charge is 2.24. The lowest BCUT2D eigenvalue weighted by atomic mass is 9.97. The molecule has 0 amide bonds. The molecule has 0 spiro atoms. The highest BCUT2D eigenvalue weighted by molar-refractivity contribution is 6.35. The van der Waals surface area contributed by atoms with Gasteiger partial charge in [-0.05, 0) is 24.2 Å². The second kappa shape index (κ2) is 6.69. The molecule has 1 atom stereocenters. The number of nitrogens with one attached hydrogen (secondary N) is 1. The Balaban J connectivity index is 2.59.